The molecule has 140 valence electrons. The Kier molecular flexibility index (Phi) is 5.99. The van der Waals surface area contributed by atoms with Crippen LogP contribution in [0.5, 0.6) is 0 Å². The highest BCUT2D eigenvalue weighted by Crippen LogP contribution is 2.29. The van der Waals surface area contributed by atoms with Crippen molar-refractivity contribution in [3.63, 3.8) is 0 Å². The van der Waals surface area contributed by atoms with Gasteiger partial charge in [-0.1, -0.05) is 42.0 Å². The summed E-state index contributed by atoms with van der Waals surface area (Å²) < 4.78 is 20.9. The van der Waals surface area contributed by atoms with E-state index in [-0.39, 0.29) is 17.9 Å². The number of aromatic nitrogens is 3. The monoisotopic (exact) mass is 393 g/mol. The smallest absolute Gasteiger partial charge is 0.357 e. The van der Waals surface area contributed by atoms with E-state index in [0.717, 1.165) is 0 Å². The Morgan fingerprint density at radius 2 is 2.18 bits per heavy atom. The van der Waals surface area contributed by atoms with Crippen LogP contribution in [-0.4, -0.2) is 35.0 Å². The van der Waals surface area contributed by atoms with Crippen molar-refractivity contribution in [2.45, 2.75) is 13.8 Å². The highest BCUT2D eigenvalue weighted by atomic mass is 32.2. The summed E-state index contributed by atoms with van der Waals surface area (Å²) in [5, 5.41) is 6.34. The summed E-state index contributed by atoms with van der Waals surface area (Å²) in [4.78, 5) is 17.2. The van der Waals surface area contributed by atoms with Gasteiger partial charge in [0.1, 0.15) is 13.7 Å². The molecular weight excluding hydrogens is 376 g/mol. The molecule has 0 spiro atoms. The highest BCUT2D eigenvalue weighted by molar-refractivity contribution is 8.10. The van der Waals surface area contributed by atoms with Crippen molar-refractivity contribution in [1.29, 1.82) is 0 Å². The van der Waals surface area contributed by atoms with Gasteiger partial charge in [-0.15, -0.1) is 0 Å². The molecule has 0 saturated heterocycles. The lowest BCUT2D eigenvalue weighted by Crippen LogP contribution is -2.10. The number of nitrogens with zero attached hydrogens (tertiary/aromatic N) is 3. The molecule has 3 rings (SSSR count). The molecule has 0 unspecified atom stereocenters. The summed E-state index contributed by atoms with van der Waals surface area (Å²) in [5.74, 6) is -1.03. The number of carbonyl (C=O) groups excluding carboxylic acids is 1. The molecule has 0 aliphatic carbocycles. The van der Waals surface area contributed by atoms with E-state index < -0.39 is 11.8 Å². The summed E-state index contributed by atoms with van der Waals surface area (Å²) in [5.41, 5.74) is 2.07. The first kappa shape index (κ1) is 19.9. The second-order valence-corrected chi connectivity index (χ2v) is 6.80. The van der Waals surface area contributed by atoms with Gasteiger partial charge in [-0.3, -0.25) is 0 Å². The minimum absolute atomic E-state index is 0.135. The van der Waals surface area contributed by atoms with Crippen LogP contribution in [0.3, 0.4) is 0 Å². The Bertz CT molecular complexity index is 1090. The van der Waals surface area contributed by atoms with E-state index in [9.17, 15) is 9.18 Å². The zero-order chi connectivity index (χ0) is 20.3. The summed E-state index contributed by atoms with van der Waals surface area (Å²) in [6.07, 6.45) is 1.87. The lowest BCUT2D eigenvalue weighted by Gasteiger charge is -2.08. The fraction of sp³-hybridized carbons (Fsp3) is 0.150. The number of halogens is 1. The highest BCUT2D eigenvalue weighted by Gasteiger charge is 2.18. The standard InChI is InChI=1S/C20H17BFN3O2S/c1-4-8-28-12(3)18-10-17(20(26)27-5-2)23-19-11-16(24-25(18)19)14-7-6-13(21)9-15(14)22/h4,6-11H,3,5H2,1-2H3/b8-4-. The van der Waals surface area contributed by atoms with Gasteiger partial charge < -0.3 is 4.74 Å². The van der Waals surface area contributed by atoms with E-state index >= 15 is 0 Å². The minimum Gasteiger partial charge on any atom is -0.461 e. The van der Waals surface area contributed by atoms with Crippen molar-refractivity contribution in [2.75, 3.05) is 6.61 Å². The Hall–Kier alpha value is -2.87. The van der Waals surface area contributed by atoms with Gasteiger partial charge in [-0.05, 0) is 31.4 Å². The predicted molar refractivity (Wildman–Crippen MR) is 111 cm³/mol. The first-order chi connectivity index (χ1) is 13.4. The Labute approximate surface area is 167 Å². The molecule has 0 atom stereocenters. The van der Waals surface area contributed by atoms with Crippen molar-refractivity contribution < 1.29 is 13.9 Å². The molecule has 2 heterocycles. The van der Waals surface area contributed by atoms with E-state index in [0.29, 0.717) is 27.4 Å². The summed E-state index contributed by atoms with van der Waals surface area (Å²) in [7, 11) is 5.62. The molecule has 2 aromatic heterocycles. The SMILES string of the molecule is [B]c1ccc(-c2cc3nc(C(=O)OCC)cc(C(=C)S/C=C\C)n3n2)c(F)c1. The molecule has 0 bridgehead atoms. The van der Waals surface area contributed by atoms with E-state index in [1.54, 1.807) is 31.2 Å². The van der Waals surface area contributed by atoms with Crippen LogP contribution in [0.1, 0.15) is 30.0 Å². The van der Waals surface area contributed by atoms with Crippen LogP contribution in [0, 0.1) is 5.82 Å². The second-order valence-electron chi connectivity index (χ2n) is 5.80. The Morgan fingerprint density at radius 3 is 2.86 bits per heavy atom. The van der Waals surface area contributed by atoms with Crippen LogP contribution in [0.2, 0.25) is 0 Å². The number of hydrogen-bond acceptors (Lipinski definition) is 5. The van der Waals surface area contributed by atoms with Crippen molar-refractivity contribution in [2.24, 2.45) is 0 Å². The quantitative estimate of drug-likeness (QED) is 0.472. The van der Waals surface area contributed by atoms with E-state index in [1.165, 1.54) is 22.3 Å². The second kappa shape index (κ2) is 8.43. The van der Waals surface area contributed by atoms with Gasteiger partial charge in [0.15, 0.2) is 11.3 Å². The molecule has 5 nitrogen and oxygen atoms in total. The third-order valence-electron chi connectivity index (χ3n) is 3.81. The van der Waals surface area contributed by atoms with Crippen LogP contribution < -0.4 is 5.46 Å². The fourth-order valence-corrected chi connectivity index (χ4v) is 3.13. The van der Waals surface area contributed by atoms with Crippen LogP contribution >= 0.6 is 11.8 Å². The average Bonchev–Trinajstić information content (AvgIpc) is 3.09. The number of ether oxygens (including phenoxy) is 1. The van der Waals surface area contributed by atoms with Crippen LogP contribution in [0.4, 0.5) is 4.39 Å². The Morgan fingerprint density at radius 1 is 1.39 bits per heavy atom. The van der Waals surface area contributed by atoms with Crippen molar-refractivity contribution in [1.82, 2.24) is 14.6 Å². The molecule has 1 aromatic carbocycles. The van der Waals surface area contributed by atoms with Gasteiger partial charge in [0.05, 0.1) is 18.0 Å². The molecule has 0 N–H and O–H groups in total. The van der Waals surface area contributed by atoms with Gasteiger partial charge >= 0.3 is 5.97 Å². The maximum absolute atomic E-state index is 14.3. The number of thioether (sulfide) groups is 1. The zero-order valence-corrected chi connectivity index (χ0v) is 16.3. The van der Waals surface area contributed by atoms with Crippen molar-refractivity contribution in [3.8, 4) is 11.3 Å². The first-order valence-corrected chi connectivity index (χ1v) is 9.43. The number of hydrogen-bond donors (Lipinski definition) is 0. The Balaban J connectivity index is 2.18. The normalized spacial score (nSPS) is 11.2. The summed E-state index contributed by atoms with van der Waals surface area (Å²) in [6.45, 7) is 7.90. The number of rotatable bonds is 6. The predicted octanol–water partition coefficient (Wildman–Crippen LogP) is 3.74. The third kappa shape index (κ3) is 4.01. The maximum atomic E-state index is 14.3. The van der Waals surface area contributed by atoms with Crippen molar-refractivity contribution >= 4 is 41.6 Å². The minimum atomic E-state index is -0.545. The number of carbonyl (C=O) groups is 1. The average molecular weight is 393 g/mol. The third-order valence-corrected chi connectivity index (χ3v) is 4.71. The van der Waals surface area contributed by atoms with Crippen LogP contribution in [-0.2, 0) is 4.74 Å². The lowest BCUT2D eigenvalue weighted by atomic mass is 9.94. The molecule has 3 aromatic rings. The van der Waals surface area contributed by atoms with Crippen LogP contribution in [0.25, 0.3) is 21.8 Å². The molecule has 0 aliphatic rings. The fourth-order valence-electron chi connectivity index (χ4n) is 2.56. The lowest BCUT2D eigenvalue weighted by molar-refractivity contribution is 0.0519. The number of benzene rings is 1. The molecule has 8 heteroatoms. The van der Waals surface area contributed by atoms with Gasteiger partial charge in [0.2, 0.25) is 0 Å². The molecule has 0 saturated carbocycles. The molecule has 2 radical (unpaired) electrons. The van der Waals surface area contributed by atoms with Crippen molar-refractivity contribution in [3.05, 3.63) is 65.6 Å². The molecule has 28 heavy (non-hydrogen) atoms. The van der Waals surface area contributed by atoms with Gasteiger partial charge in [0.25, 0.3) is 0 Å². The van der Waals surface area contributed by atoms with Gasteiger partial charge in [-0.2, -0.15) is 5.10 Å². The molecule has 0 aliphatic heterocycles. The van der Waals surface area contributed by atoms with E-state index in [4.69, 9.17) is 12.6 Å². The molecule has 0 amide bonds. The van der Waals surface area contributed by atoms with Crippen LogP contribution in [0.15, 0.2) is 48.4 Å². The summed E-state index contributed by atoms with van der Waals surface area (Å²) >= 11 is 1.38. The zero-order valence-electron chi connectivity index (χ0n) is 15.5. The van der Waals surface area contributed by atoms with Gasteiger partial charge in [-0.25, -0.2) is 18.7 Å². The van der Waals surface area contributed by atoms with E-state index in [2.05, 4.69) is 16.7 Å². The number of esters is 1. The molecular formula is C20H17BFN3O2S. The number of allylic oxidation sites excluding steroid dienone is 1. The largest absolute Gasteiger partial charge is 0.461 e. The first-order valence-electron chi connectivity index (χ1n) is 8.55. The maximum Gasteiger partial charge on any atom is 0.357 e. The topological polar surface area (TPSA) is 56.5 Å². The summed E-state index contributed by atoms with van der Waals surface area (Å²) in [6, 6.07) is 7.57. The number of fused-ring (bicyclic) bond motifs is 1. The molecule has 0 fully saturated rings. The van der Waals surface area contributed by atoms with E-state index in [1.807, 2.05) is 18.4 Å². The van der Waals surface area contributed by atoms with Gasteiger partial charge in [0, 0.05) is 16.5 Å².